The molecule has 0 saturated heterocycles. The van der Waals surface area contributed by atoms with E-state index in [0.717, 1.165) is 0 Å². The average molecular weight is 306 g/mol. The van der Waals surface area contributed by atoms with Crippen molar-refractivity contribution in [2.45, 2.75) is 26.4 Å². The van der Waals surface area contributed by atoms with E-state index in [1.165, 1.54) is 17.2 Å². The van der Waals surface area contributed by atoms with E-state index in [-0.39, 0.29) is 23.6 Å². The molecule has 0 aromatic carbocycles. The molecule has 0 radical (unpaired) electrons. The van der Waals surface area contributed by atoms with Gasteiger partial charge in [0.05, 0.1) is 11.5 Å². The number of amides is 1. The second-order valence-electron chi connectivity index (χ2n) is 5.94. The number of rotatable bonds is 2. The van der Waals surface area contributed by atoms with Crippen LogP contribution in [0.3, 0.4) is 0 Å². The number of anilines is 1. The number of hydrogen-bond acceptors (Lipinski definition) is 6. The molecule has 8 nitrogen and oxygen atoms in total. The van der Waals surface area contributed by atoms with Gasteiger partial charge in [-0.15, -0.1) is 0 Å². The molecule has 0 fully saturated rings. The third kappa shape index (κ3) is 3.33. The SMILES string of the molecule is CC(C)(C)OC(=O)N1CC=C(c2nccc(N)c2[N+](=O)[O-])C1. The van der Waals surface area contributed by atoms with Crippen LogP contribution in [0.4, 0.5) is 16.2 Å². The lowest BCUT2D eigenvalue weighted by molar-refractivity contribution is -0.384. The number of aromatic nitrogens is 1. The van der Waals surface area contributed by atoms with Crippen LogP contribution in [0, 0.1) is 10.1 Å². The summed E-state index contributed by atoms with van der Waals surface area (Å²) in [7, 11) is 0. The minimum atomic E-state index is -0.596. The van der Waals surface area contributed by atoms with Gasteiger partial charge in [-0.1, -0.05) is 6.08 Å². The smallest absolute Gasteiger partial charge is 0.410 e. The molecule has 22 heavy (non-hydrogen) atoms. The topological polar surface area (TPSA) is 112 Å². The summed E-state index contributed by atoms with van der Waals surface area (Å²) in [5, 5.41) is 11.2. The molecule has 1 amide bonds. The zero-order valence-corrected chi connectivity index (χ0v) is 12.7. The van der Waals surface area contributed by atoms with Crippen molar-refractivity contribution < 1.29 is 14.5 Å². The fourth-order valence-corrected chi connectivity index (χ4v) is 2.09. The van der Waals surface area contributed by atoms with Crippen LogP contribution in [0.2, 0.25) is 0 Å². The van der Waals surface area contributed by atoms with Crippen molar-refractivity contribution in [3.8, 4) is 0 Å². The van der Waals surface area contributed by atoms with E-state index in [1.807, 2.05) is 0 Å². The summed E-state index contributed by atoms with van der Waals surface area (Å²) in [6, 6.07) is 1.38. The maximum absolute atomic E-state index is 12.0. The van der Waals surface area contributed by atoms with Gasteiger partial charge in [0, 0.05) is 18.3 Å². The molecule has 1 aromatic heterocycles. The number of nitrogens with zero attached hydrogens (tertiary/aromatic N) is 3. The van der Waals surface area contributed by atoms with Crippen molar-refractivity contribution in [3.63, 3.8) is 0 Å². The minimum Gasteiger partial charge on any atom is -0.444 e. The third-order valence-corrected chi connectivity index (χ3v) is 3.01. The van der Waals surface area contributed by atoms with Crippen LogP contribution in [0.25, 0.3) is 5.57 Å². The van der Waals surface area contributed by atoms with E-state index in [4.69, 9.17) is 10.5 Å². The summed E-state index contributed by atoms with van der Waals surface area (Å²) in [5.74, 6) is 0. The molecule has 0 spiro atoms. The Hall–Kier alpha value is -2.64. The van der Waals surface area contributed by atoms with Crippen LogP contribution < -0.4 is 5.73 Å². The molecular weight excluding hydrogens is 288 g/mol. The number of nitrogens with two attached hydrogens (primary N) is 1. The summed E-state index contributed by atoms with van der Waals surface area (Å²) in [5.41, 5.74) is 5.65. The molecule has 0 unspecified atom stereocenters. The molecule has 1 aromatic rings. The van der Waals surface area contributed by atoms with Crippen molar-refractivity contribution in [1.29, 1.82) is 0 Å². The highest BCUT2D eigenvalue weighted by atomic mass is 16.6. The standard InChI is InChI=1S/C14H18N4O4/c1-14(2,3)22-13(19)17-7-5-9(8-17)11-12(18(20)21)10(15)4-6-16-11/h4-6H,7-8H2,1-3H3,(H2,15,16). The third-order valence-electron chi connectivity index (χ3n) is 3.01. The number of carbonyl (C=O) groups is 1. The number of hydrogen-bond donors (Lipinski definition) is 1. The molecule has 1 aliphatic rings. The van der Waals surface area contributed by atoms with E-state index >= 15 is 0 Å². The average Bonchev–Trinajstić information content (AvgIpc) is 2.85. The molecule has 0 aliphatic carbocycles. The molecule has 2 N–H and O–H groups in total. The van der Waals surface area contributed by atoms with E-state index < -0.39 is 16.6 Å². The molecule has 2 rings (SSSR count). The molecule has 0 bridgehead atoms. The lowest BCUT2D eigenvalue weighted by Crippen LogP contribution is -2.35. The largest absolute Gasteiger partial charge is 0.444 e. The lowest BCUT2D eigenvalue weighted by atomic mass is 10.1. The van der Waals surface area contributed by atoms with Crippen molar-refractivity contribution in [3.05, 3.63) is 34.1 Å². The first kappa shape index (κ1) is 15.7. The van der Waals surface area contributed by atoms with Gasteiger partial charge in [0.25, 0.3) is 0 Å². The van der Waals surface area contributed by atoms with Crippen LogP contribution in [-0.2, 0) is 4.74 Å². The van der Waals surface area contributed by atoms with Gasteiger partial charge in [-0.2, -0.15) is 0 Å². The normalized spacial score (nSPS) is 14.7. The Bertz CT molecular complexity index is 649. The predicted octanol–water partition coefficient (Wildman–Crippen LogP) is 2.21. The first-order chi connectivity index (χ1) is 10.2. The fraction of sp³-hybridized carbons (Fsp3) is 0.429. The van der Waals surface area contributed by atoms with E-state index in [0.29, 0.717) is 12.1 Å². The Labute approximate surface area is 127 Å². The number of nitro groups is 1. The van der Waals surface area contributed by atoms with Crippen LogP contribution >= 0.6 is 0 Å². The van der Waals surface area contributed by atoms with Crippen LogP contribution in [0.5, 0.6) is 0 Å². The lowest BCUT2D eigenvalue weighted by Gasteiger charge is -2.24. The van der Waals surface area contributed by atoms with E-state index in [1.54, 1.807) is 26.8 Å². The minimum absolute atomic E-state index is 0.0478. The predicted molar refractivity (Wildman–Crippen MR) is 81.1 cm³/mol. The van der Waals surface area contributed by atoms with Gasteiger partial charge >= 0.3 is 11.8 Å². The zero-order valence-electron chi connectivity index (χ0n) is 12.7. The Morgan fingerprint density at radius 1 is 1.50 bits per heavy atom. The fourth-order valence-electron chi connectivity index (χ4n) is 2.09. The summed E-state index contributed by atoms with van der Waals surface area (Å²) < 4.78 is 5.28. The monoisotopic (exact) mass is 306 g/mol. The maximum atomic E-state index is 12.0. The summed E-state index contributed by atoms with van der Waals surface area (Å²) in [6.07, 6.45) is 2.66. The highest BCUT2D eigenvalue weighted by Gasteiger charge is 2.30. The van der Waals surface area contributed by atoms with Gasteiger partial charge in [-0.25, -0.2) is 9.78 Å². The first-order valence-corrected chi connectivity index (χ1v) is 6.75. The van der Waals surface area contributed by atoms with Crippen LogP contribution in [0.1, 0.15) is 26.5 Å². The number of carbonyl (C=O) groups excluding carboxylic acids is 1. The Kier molecular flexibility index (Phi) is 4.03. The summed E-state index contributed by atoms with van der Waals surface area (Å²) >= 11 is 0. The Morgan fingerprint density at radius 3 is 2.77 bits per heavy atom. The molecule has 118 valence electrons. The second kappa shape index (κ2) is 5.63. The van der Waals surface area contributed by atoms with Crippen molar-refractivity contribution >= 4 is 23.0 Å². The first-order valence-electron chi connectivity index (χ1n) is 6.75. The van der Waals surface area contributed by atoms with Crippen molar-refractivity contribution in [2.24, 2.45) is 0 Å². The molecule has 2 heterocycles. The van der Waals surface area contributed by atoms with E-state index in [2.05, 4.69) is 4.98 Å². The molecule has 8 heteroatoms. The Balaban J connectivity index is 2.19. The van der Waals surface area contributed by atoms with Gasteiger partial charge in [0.1, 0.15) is 17.0 Å². The van der Waals surface area contributed by atoms with Crippen molar-refractivity contribution in [2.75, 3.05) is 18.8 Å². The number of nitrogen functional groups attached to an aromatic ring is 1. The van der Waals surface area contributed by atoms with Crippen LogP contribution in [0.15, 0.2) is 18.3 Å². The van der Waals surface area contributed by atoms with Gasteiger partial charge in [-0.3, -0.25) is 10.1 Å². The Morgan fingerprint density at radius 2 is 2.18 bits per heavy atom. The molecule has 0 atom stereocenters. The summed E-state index contributed by atoms with van der Waals surface area (Å²) in [4.78, 5) is 28.1. The highest BCUT2D eigenvalue weighted by Crippen LogP contribution is 2.32. The number of pyridine rings is 1. The summed E-state index contributed by atoms with van der Waals surface area (Å²) in [6.45, 7) is 5.85. The molecule has 0 saturated carbocycles. The second-order valence-corrected chi connectivity index (χ2v) is 5.94. The van der Waals surface area contributed by atoms with E-state index in [9.17, 15) is 14.9 Å². The van der Waals surface area contributed by atoms with Crippen LogP contribution in [-0.4, -0.2) is 39.6 Å². The maximum Gasteiger partial charge on any atom is 0.410 e. The van der Waals surface area contributed by atoms with Crippen molar-refractivity contribution in [1.82, 2.24) is 9.88 Å². The number of ether oxygens (including phenoxy) is 1. The highest BCUT2D eigenvalue weighted by molar-refractivity contribution is 5.82. The van der Waals surface area contributed by atoms with Gasteiger partial charge in [0.2, 0.25) is 0 Å². The zero-order chi connectivity index (χ0) is 16.5. The van der Waals surface area contributed by atoms with Gasteiger partial charge in [-0.05, 0) is 26.8 Å². The molecular formula is C14H18N4O4. The molecule has 1 aliphatic heterocycles. The van der Waals surface area contributed by atoms with Gasteiger partial charge < -0.3 is 15.4 Å². The van der Waals surface area contributed by atoms with Gasteiger partial charge in [0.15, 0.2) is 0 Å². The quantitative estimate of drug-likeness (QED) is 0.662.